The zero-order valence-electron chi connectivity index (χ0n) is 13.0. The molecule has 1 aromatic rings. The van der Waals surface area contributed by atoms with E-state index in [-0.39, 0.29) is 12.0 Å². The molecule has 0 N–H and O–H groups in total. The summed E-state index contributed by atoms with van der Waals surface area (Å²) < 4.78 is 12.1. The third kappa shape index (κ3) is 4.20. The first-order valence-electron chi connectivity index (χ1n) is 7.07. The zero-order chi connectivity index (χ0) is 15.6. The van der Waals surface area contributed by atoms with Gasteiger partial charge in [-0.1, -0.05) is 28.1 Å². The Morgan fingerprint density at radius 3 is 2.86 bits per heavy atom. The monoisotopic (exact) mass is 355 g/mol. The molecule has 4 nitrogen and oxygen atoms in total. The van der Waals surface area contributed by atoms with Crippen LogP contribution in [0.4, 0.5) is 4.79 Å². The number of rotatable bonds is 2. The van der Waals surface area contributed by atoms with E-state index in [0.717, 1.165) is 4.47 Å². The summed E-state index contributed by atoms with van der Waals surface area (Å²) in [5, 5.41) is 0. The topological polar surface area (TPSA) is 38.8 Å². The fourth-order valence-electron chi connectivity index (χ4n) is 2.40. The highest BCUT2D eigenvalue weighted by Gasteiger charge is 2.26. The second-order valence-electron chi connectivity index (χ2n) is 6.38. The lowest BCUT2D eigenvalue weighted by Crippen LogP contribution is -2.38. The van der Waals surface area contributed by atoms with Crippen LogP contribution in [0.15, 0.2) is 22.7 Å². The van der Waals surface area contributed by atoms with Gasteiger partial charge >= 0.3 is 6.09 Å². The normalized spacial score (nSPS) is 18.0. The van der Waals surface area contributed by atoms with Gasteiger partial charge in [-0.3, -0.25) is 0 Å². The lowest BCUT2D eigenvalue weighted by Gasteiger charge is -2.31. The summed E-state index contributed by atoms with van der Waals surface area (Å²) in [4.78, 5) is 13.7. The Labute approximate surface area is 134 Å². The van der Waals surface area contributed by atoms with Crippen molar-refractivity contribution in [2.24, 2.45) is 0 Å². The Morgan fingerprint density at radius 2 is 2.19 bits per heavy atom. The number of likely N-dealkylation sites (N-methyl/N-ethyl adjacent to an activating group) is 1. The van der Waals surface area contributed by atoms with Gasteiger partial charge in [0.1, 0.15) is 5.60 Å². The van der Waals surface area contributed by atoms with Crippen molar-refractivity contribution < 1.29 is 14.3 Å². The minimum Gasteiger partial charge on any atom is -0.444 e. The molecule has 0 aliphatic carbocycles. The van der Waals surface area contributed by atoms with E-state index in [9.17, 15) is 4.79 Å². The maximum atomic E-state index is 12.1. The van der Waals surface area contributed by atoms with Gasteiger partial charge in [0.2, 0.25) is 0 Å². The van der Waals surface area contributed by atoms with E-state index in [1.807, 2.05) is 32.9 Å². The van der Waals surface area contributed by atoms with Crippen molar-refractivity contribution in [1.29, 1.82) is 0 Å². The molecule has 5 heteroatoms. The van der Waals surface area contributed by atoms with Gasteiger partial charge in [0, 0.05) is 24.0 Å². The Hall–Kier alpha value is -1.07. The molecule has 21 heavy (non-hydrogen) atoms. The van der Waals surface area contributed by atoms with Gasteiger partial charge in [0.15, 0.2) is 0 Å². The summed E-state index contributed by atoms with van der Waals surface area (Å²) in [7, 11) is 1.76. The largest absolute Gasteiger partial charge is 0.444 e. The molecule has 1 heterocycles. The quantitative estimate of drug-likeness (QED) is 0.806. The predicted molar refractivity (Wildman–Crippen MR) is 85.4 cm³/mol. The van der Waals surface area contributed by atoms with Crippen LogP contribution in [-0.2, 0) is 16.1 Å². The molecule has 0 radical (unpaired) electrons. The summed E-state index contributed by atoms with van der Waals surface area (Å²) in [6.45, 7) is 7.43. The van der Waals surface area contributed by atoms with E-state index in [2.05, 4.69) is 22.0 Å². The van der Waals surface area contributed by atoms with Crippen molar-refractivity contribution in [3.63, 3.8) is 0 Å². The second kappa shape index (κ2) is 6.36. The molecule has 1 amide bonds. The average Bonchev–Trinajstić information content (AvgIpc) is 2.38. The summed E-state index contributed by atoms with van der Waals surface area (Å²) in [5.41, 5.74) is 1.94. The predicted octanol–water partition coefficient (Wildman–Crippen LogP) is 3.93. The highest BCUT2D eigenvalue weighted by molar-refractivity contribution is 9.10. The van der Waals surface area contributed by atoms with E-state index < -0.39 is 5.60 Å². The number of carbonyl (C=O) groups excluding carboxylic acids is 1. The van der Waals surface area contributed by atoms with Crippen molar-refractivity contribution in [3.05, 3.63) is 33.8 Å². The third-order valence-corrected chi connectivity index (χ3v) is 4.10. The smallest absolute Gasteiger partial charge is 0.410 e. The molecule has 1 aliphatic rings. The first-order chi connectivity index (χ1) is 9.78. The number of hydrogen-bond acceptors (Lipinski definition) is 3. The number of ether oxygens (including phenoxy) is 2. The molecule has 0 saturated heterocycles. The molecular formula is C16H22BrNO3. The fraction of sp³-hybridized carbons (Fsp3) is 0.562. The minimum atomic E-state index is -0.477. The molecule has 1 unspecified atom stereocenters. The summed E-state index contributed by atoms with van der Waals surface area (Å²) in [6, 6.07) is 6.15. The highest BCUT2D eigenvalue weighted by atomic mass is 79.9. The molecule has 0 fully saturated rings. The average molecular weight is 356 g/mol. The number of carbonyl (C=O) groups is 1. The van der Waals surface area contributed by atoms with Crippen molar-refractivity contribution in [2.45, 2.75) is 38.9 Å². The van der Waals surface area contributed by atoms with E-state index in [1.165, 1.54) is 11.1 Å². The van der Waals surface area contributed by atoms with Gasteiger partial charge in [-0.25, -0.2) is 4.79 Å². The molecule has 0 spiro atoms. The van der Waals surface area contributed by atoms with E-state index in [1.54, 1.807) is 11.9 Å². The van der Waals surface area contributed by atoms with Crippen LogP contribution in [0.1, 0.15) is 37.8 Å². The maximum absolute atomic E-state index is 12.1. The van der Waals surface area contributed by atoms with Crippen LogP contribution >= 0.6 is 15.9 Å². The van der Waals surface area contributed by atoms with Crippen LogP contribution in [0, 0.1) is 0 Å². The Balaban J connectivity index is 2.08. The van der Waals surface area contributed by atoms with Gasteiger partial charge in [0.05, 0.1) is 13.2 Å². The van der Waals surface area contributed by atoms with Crippen molar-refractivity contribution in [1.82, 2.24) is 4.90 Å². The number of amides is 1. The maximum Gasteiger partial charge on any atom is 0.410 e. The van der Waals surface area contributed by atoms with Crippen LogP contribution in [-0.4, -0.2) is 36.8 Å². The number of benzene rings is 1. The van der Waals surface area contributed by atoms with Crippen LogP contribution in [0.2, 0.25) is 0 Å². The van der Waals surface area contributed by atoms with Crippen LogP contribution < -0.4 is 0 Å². The standard InChI is InChI=1S/C16H22BrNO3/c1-16(2,3)21-15(19)18(4)8-11-9-20-10-13-12(11)6-5-7-14(13)17/h5-7,11H,8-10H2,1-4H3. The van der Waals surface area contributed by atoms with Crippen molar-refractivity contribution in [3.8, 4) is 0 Å². The van der Waals surface area contributed by atoms with Crippen LogP contribution in [0.5, 0.6) is 0 Å². The molecule has 1 aliphatic heterocycles. The van der Waals surface area contributed by atoms with Crippen molar-refractivity contribution in [2.75, 3.05) is 20.2 Å². The first kappa shape index (κ1) is 16.3. The SMILES string of the molecule is CN(CC1COCc2c(Br)cccc21)C(=O)OC(C)(C)C. The molecule has 1 atom stereocenters. The minimum absolute atomic E-state index is 0.170. The second-order valence-corrected chi connectivity index (χ2v) is 7.23. The number of hydrogen-bond donors (Lipinski definition) is 0. The Morgan fingerprint density at radius 1 is 1.48 bits per heavy atom. The molecule has 0 aromatic heterocycles. The fourth-order valence-corrected chi connectivity index (χ4v) is 2.90. The van der Waals surface area contributed by atoms with Gasteiger partial charge in [-0.15, -0.1) is 0 Å². The molecular weight excluding hydrogens is 334 g/mol. The third-order valence-electron chi connectivity index (χ3n) is 3.36. The molecule has 1 aromatic carbocycles. The lowest BCUT2D eigenvalue weighted by molar-refractivity contribution is 0.0240. The molecule has 0 saturated carbocycles. The summed E-state index contributed by atoms with van der Waals surface area (Å²) in [5.74, 6) is 0.170. The lowest BCUT2D eigenvalue weighted by atomic mass is 9.93. The summed E-state index contributed by atoms with van der Waals surface area (Å²) >= 11 is 3.56. The van der Waals surface area contributed by atoms with E-state index in [0.29, 0.717) is 19.8 Å². The van der Waals surface area contributed by atoms with Gasteiger partial charge in [-0.05, 0) is 38.0 Å². The Bertz CT molecular complexity index is 525. The number of fused-ring (bicyclic) bond motifs is 1. The number of nitrogens with zero attached hydrogens (tertiary/aromatic N) is 1. The summed E-state index contributed by atoms with van der Waals surface area (Å²) in [6.07, 6.45) is -0.301. The van der Waals surface area contributed by atoms with Crippen LogP contribution in [0.3, 0.4) is 0 Å². The zero-order valence-corrected chi connectivity index (χ0v) is 14.6. The number of halogens is 1. The van der Waals surface area contributed by atoms with Gasteiger partial charge in [0.25, 0.3) is 0 Å². The highest BCUT2D eigenvalue weighted by Crippen LogP contribution is 2.32. The molecule has 116 valence electrons. The molecule has 0 bridgehead atoms. The van der Waals surface area contributed by atoms with E-state index >= 15 is 0 Å². The van der Waals surface area contributed by atoms with E-state index in [4.69, 9.17) is 9.47 Å². The van der Waals surface area contributed by atoms with Gasteiger partial charge in [-0.2, -0.15) is 0 Å². The Kier molecular flexibility index (Phi) is 4.94. The van der Waals surface area contributed by atoms with Crippen LogP contribution in [0.25, 0.3) is 0 Å². The van der Waals surface area contributed by atoms with Crippen molar-refractivity contribution >= 4 is 22.0 Å². The first-order valence-corrected chi connectivity index (χ1v) is 7.86. The molecule has 2 rings (SSSR count). The van der Waals surface area contributed by atoms with Gasteiger partial charge < -0.3 is 14.4 Å².